The molecule has 1 saturated carbocycles. The Balaban J connectivity index is 2.54. The smallest absolute Gasteiger partial charge is 0.0332 e. The molecular weight excluding hydrogens is 186 g/mol. The Morgan fingerprint density at radius 1 is 1.13 bits per heavy atom. The zero-order chi connectivity index (χ0) is 11.3. The van der Waals surface area contributed by atoms with Crippen LogP contribution in [0.15, 0.2) is 0 Å². The van der Waals surface area contributed by atoms with Crippen molar-refractivity contribution in [1.82, 2.24) is 9.80 Å². The fourth-order valence-corrected chi connectivity index (χ4v) is 2.73. The summed E-state index contributed by atoms with van der Waals surface area (Å²) < 4.78 is 0. The van der Waals surface area contributed by atoms with Gasteiger partial charge in [0.15, 0.2) is 0 Å². The SMILES string of the molecule is CCN(CCN(C)C)C1(CN)CCCC1. The van der Waals surface area contributed by atoms with Crippen molar-refractivity contribution in [2.45, 2.75) is 38.1 Å². The first-order valence-corrected chi connectivity index (χ1v) is 6.24. The summed E-state index contributed by atoms with van der Waals surface area (Å²) in [5, 5.41) is 0. The van der Waals surface area contributed by atoms with Gasteiger partial charge in [-0.2, -0.15) is 0 Å². The van der Waals surface area contributed by atoms with Gasteiger partial charge < -0.3 is 10.6 Å². The van der Waals surface area contributed by atoms with E-state index in [9.17, 15) is 0 Å². The third-order valence-corrected chi connectivity index (χ3v) is 3.78. The van der Waals surface area contributed by atoms with Gasteiger partial charge in [-0.15, -0.1) is 0 Å². The number of hydrogen-bond donors (Lipinski definition) is 1. The summed E-state index contributed by atoms with van der Waals surface area (Å²) in [6.45, 7) is 6.50. The maximum Gasteiger partial charge on any atom is 0.0332 e. The molecule has 15 heavy (non-hydrogen) atoms. The van der Waals surface area contributed by atoms with E-state index >= 15 is 0 Å². The highest BCUT2D eigenvalue weighted by Gasteiger charge is 2.37. The molecule has 0 spiro atoms. The van der Waals surface area contributed by atoms with E-state index in [0.29, 0.717) is 5.54 Å². The molecule has 1 rings (SSSR count). The van der Waals surface area contributed by atoms with Crippen LogP contribution >= 0.6 is 0 Å². The number of rotatable bonds is 6. The van der Waals surface area contributed by atoms with Gasteiger partial charge in [-0.05, 0) is 33.5 Å². The molecule has 90 valence electrons. The predicted molar refractivity (Wildman–Crippen MR) is 66.1 cm³/mol. The summed E-state index contributed by atoms with van der Waals surface area (Å²) in [5.74, 6) is 0. The second-order valence-corrected chi connectivity index (χ2v) is 5.02. The van der Waals surface area contributed by atoms with E-state index in [-0.39, 0.29) is 0 Å². The Morgan fingerprint density at radius 3 is 2.13 bits per heavy atom. The maximum atomic E-state index is 6.00. The average Bonchev–Trinajstić information content (AvgIpc) is 2.68. The maximum absolute atomic E-state index is 6.00. The highest BCUT2D eigenvalue weighted by atomic mass is 15.2. The van der Waals surface area contributed by atoms with Crippen LogP contribution in [0.5, 0.6) is 0 Å². The molecule has 0 aromatic carbocycles. The van der Waals surface area contributed by atoms with Crippen LogP contribution in [0.3, 0.4) is 0 Å². The highest BCUT2D eigenvalue weighted by molar-refractivity contribution is 4.95. The van der Waals surface area contributed by atoms with E-state index in [4.69, 9.17) is 5.73 Å². The molecule has 3 nitrogen and oxygen atoms in total. The van der Waals surface area contributed by atoms with E-state index in [1.807, 2.05) is 0 Å². The van der Waals surface area contributed by atoms with Crippen LogP contribution < -0.4 is 5.73 Å². The minimum Gasteiger partial charge on any atom is -0.329 e. The molecule has 3 heteroatoms. The summed E-state index contributed by atoms with van der Waals surface area (Å²) in [4.78, 5) is 4.85. The minimum absolute atomic E-state index is 0.324. The van der Waals surface area contributed by atoms with Gasteiger partial charge in [0.1, 0.15) is 0 Å². The summed E-state index contributed by atoms with van der Waals surface area (Å²) >= 11 is 0. The molecule has 0 amide bonds. The lowest BCUT2D eigenvalue weighted by atomic mass is 9.95. The van der Waals surface area contributed by atoms with Crippen molar-refractivity contribution in [2.24, 2.45) is 5.73 Å². The summed E-state index contributed by atoms with van der Waals surface area (Å²) in [6.07, 6.45) is 5.31. The summed E-state index contributed by atoms with van der Waals surface area (Å²) in [6, 6.07) is 0. The third kappa shape index (κ3) is 3.16. The fraction of sp³-hybridized carbons (Fsp3) is 1.00. The average molecular weight is 213 g/mol. The summed E-state index contributed by atoms with van der Waals surface area (Å²) in [5.41, 5.74) is 6.32. The number of nitrogens with zero attached hydrogens (tertiary/aromatic N) is 2. The van der Waals surface area contributed by atoms with Crippen LogP contribution in [0.4, 0.5) is 0 Å². The van der Waals surface area contributed by atoms with Crippen molar-refractivity contribution in [3.63, 3.8) is 0 Å². The molecule has 0 heterocycles. The van der Waals surface area contributed by atoms with Gasteiger partial charge in [-0.1, -0.05) is 19.8 Å². The van der Waals surface area contributed by atoms with E-state index in [1.165, 1.54) is 25.7 Å². The van der Waals surface area contributed by atoms with E-state index < -0.39 is 0 Å². The Kier molecular flexibility index (Phi) is 5.03. The number of hydrogen-bond acceptors (Lipinski definition) is 3. The van der Waals surface area contributed by atoms with Crippen LogP contribution in [0.2, 0.25) is 0 Å². The largest absolute Gasteiger partial charge is 0.329 e. The molecule has 0 radical (unpaired) electrons. The zero-order valence-corrected chi connectivity index (χ0v) is 10.6. The molecule has 0 aromatic rings. The standard InChI is InChI=1S/C12H27N3/c1-4-15(10-9-14(2)3)12(11-13)7-5-6-8-12/h4-11,13H2,1-3H3. The highest BCUT2D eigenvalue weighted by Crippen LogP contribution is 2.34. The van der Waals surface area contributed by atoms with Crippen LogP contribution in [-0.4, -0.2) is 55.6 Å². The van der Waals surface area contributed by atoms with Crippen molar-refractivity contribution in [3.8, 4) is 0 Å². The molecule has 2 N–H and O–H groups in total. The van der Waals surface area contributed by atoms with Crippen molar-refractivity contribution in [1.29, 1.82) is 0 Å². The normalized spacial score (nSPS) is 20.4. The van der Waals surface area contributed by atoms with Crippen LogP contribution in [0, 0.1) is 0 Å². The molecular formula is C12H27N3. The Hall–Kier alpha value is -0.120. The third-order valence-electron chi connectivity index (χ3n) is 3.78. The number of likely N-dealkylation sites (N-methyl/N-ethyl adjacent to an activating group) is 2. The second kappa shape index (κ2) is 5.83. The Labute approximate surface area is 94.6 Å². The fourth-order valence-electron chi connectivity index (χ4n) is 2.73. The first-order valence-electron chi connectivity index (χ1n) is 6.24. The van der Waals surface area contributed by atoms with Crippen LogP contribution in [-0.2, 0) is 0 Å². The summed E-state index contributed by atoms with van der Waals surface area (Å²) in [7, 11) is 4.27. The molecule has 0 aliphatic heterocycles. The molecule has 0 unspecified atom stereocenters. The lowest BCUT2D eigenvalue weighted by Gasteiger charge is -2.40. The molecule has 0 saturated heterocycles. The second-order valence-electron chi connectivity index (χ2n) is 5.02. The molecule has 1 aliphatic carbocycles. The van der Waals surface area contributed by atoms with Crippen molar-refractivity contribution in [2.75, 3.05) is 40.3 Å². The van der Waals surface area contributed by atoms with Crippen molar-refractivity contribution in [3.05, 3.63) is 0 Å². The van der Waals surface area contributed by atoms with Gasteiger partial charge in [0, 0.05) is 25.2 Å². The topological polar surface area (TPSA) is 32.5 Å². The molecule has 1 fully saturated rings. The molecule has 0 atom stereocenters. The van der Waals surface area contributed by atoms with Gasteiger partial charge in [-0.3, -0.25) is 4.90 Å². The van der Waals surface area contributed by atoms with Gasteiger partial charge in [0.05, 0.1) is 0 Å². The van der Waals surface area contributed by atoms with Crippen LogP contribution in [0.25, 0.3) is 0 Å². The molecule has 0 aromatic heterocycles. The Morgan fingerprint density at radius 2 is 1.73 bits per heavy atom. The van der Waals surface area contributed by atoms with Gasteiger partial charge in [-0.25, -0.2) is 0 Å². The molecule has 1 aliphatic rings. The molecule has 0 bridgehead atoms. The van der Waals surface area contributed by atoms with Crippen molar-refractivity contribution < 1.29 is 0 Å². The monoisotopic (exact) mass is 213 g/mol. The number of nitrogens with two attached hydrogens (primary N) is 1. The predicted octanol–water partition coefficient (Wildman–Crippen LogP) is 1.14. The Bertz CT molecular complexity index is 174. The van der Waals surface area contributed by atoms with Gasteiger partial charge in [0.25, 0.3) is 0 Å². The van der Waals surface area contributed by atoms with Crippen LogP contribution in [0.1, 0.15) is 32.6 Å². The van der Waals surface area contributed by atoms with Gasteiger partial charge in [0.2, 0.25) is 0 Å². The minimum atomic E-state index is 0.324. The van der Waals surface area contributed by atoms with Gasteiger partial charge >= 0.3 is 0 Å². The first-order chi connectivity index (χ1) is 7.14. The lowest BCUT2D eigenvalue weighted by Crippen LogP contribution is -2.53. The zero-order valence-electron chi connectivity index (χ0n) is 10.6. The van der Waals surface area contributed by atoms with Crippen molar-refractivity contribution >= 4 is 0 Å². The lowest BCUT2D eigenvalue weighted by molar-refractivity contribution is 0.0967. The quantitative estimate of drug-likeness (QED) is 0.718. The first kappa shape index (κ1) is 12.9. The van der Waals surface area contributed by atoms with E-state index in [0.717, 1.165) is 26.2 Å². The van der Waals surface area contributed by atoms with E-state index in [1.54, 1.807) is 0 Å². The van der Waals surface area contributed by atoms with E-state index in [2.05, 4.69) is 30.8 Å².